The Morgan fingerprint density at radius 3 is 2.48 bits per heavy atom. The second-order valence-corrected chi connectivity index (χ2v) is 5.60. The van der Waals surface area contributed by atoms with Crippen LogP contribution < -0.4 is 10.6 Å². The van der Waals surface area contributed by atoms with Gasteiger partial charge in [-0.1, -0.05) is 23.2 Å². The van der Waals surface area contributed by atoms with E-state index >= 15 is 0 Å². The largest absolute Gasteiger partial charge is 0.369 e. The molecule has 1 aliphatic heterocycles. The van der Waals surface area contributed by atoms with E-state index in [1.165, 1.54) is 12.1 Å². The van der Waals surface area contributed by atoms with Crippen LogP contribution >= 0.6 is 23.2 Å². The molecule has 2 N–H and O–H groups in total. The maximum atomic E-state index is 14.1. The van der Waals surface area contributed by atoms with Crippen molar-refractivity contribution in [2.75, 3.05) is 11.4 Å². The lowest BCUT2D eigenvalue weighted by molar-refractivity contribution is 0.589. The van der Waals surface area contributed by atoms with Gasteiger partial charge in [-0.3, -0.25) is 4.99 Å². The van der Waals surface area contributed by atoms with Crippen molar-refractivity contribution in [3.05, 3.63) is 63.9 Å². The Kier molecular flexibility index (Phi) is 3.74. The Balaban J connectivity index is 2.02. The molecule has 6 heteroatoms. The third-order valence-electron chi connectivity index (χ3n) is 3.41. The summed E-state index contributed by atoms with van der Waals surface area (Å²) in [5.41, 5.74) is 7.23. The molecular formula is C15H12Cl2FN3. The molecule has 0 radical (unpaired) electrons. The maximum absolute atomic E-state index is 14.1. The molecule has 2 aromatic rings. The molecule has 3 nitrogen and oxygen atoms in total. The van der Waals surface area contributed by atoms with Crippen molar-refractivity contribution in [1.82, 2.24) is 0 Å². The Bertz CT molecular complexity index is 701. The van der Waals surface area contributed by atoms with E-state index in [9.17, 15) is 4.39 Å². The fourth-order valence-corrected chi connectivity index (χ4v) is 2.73. The molecule has 0 saturated heterocycles. The quantitative estimate of drug-likeness (QED) is 0.907. The van der Waals surface area contributed by atoms with Gasteiger partial charge in [-0.15, -0.1) is 0 Å². The zero-order valence-electron chi connectivity index (χ0n) is 10.9. The lowest BCUT2D eigenvalue weighted by Gasteiger charge is -2.27. The number of aliphatic imine (C=N–C) groups is 1. The Morgan fingerprint density at radius 2 is 1.76 bits per heavy atom. The van der Waals surface area contributed by atoms with Crippen LogP contribution in [-0.2, 0) is 0 Å². The summed E-state index contributed by atoms with van der Waals surface area (Å²) in [6.45, 7) is 0.381. The molecule has 0 saturated carbocycles. The van der Waals surface area contributed by atoms with E-state index in [0.29, 0.717) is 28.1 Å². The van der Waals surface area contributed by atoms with E-state index in [2.05, 4.69) is 4.99 Å². The summed E-state index contributed by atoms with van der Waals surface area (Å²) in [4.78, 5) is 6.01. The SMILES string of the molecule is NC1=NCC(c2cc(Cl)ccc2F)N1c1ccc(Cl)cc1. The predicted octanol–water partition coefficient (Wildman–Crippen LogP) is 4.01. The van der Waals surface area contributed by atoms with E-state index < -0.39 is 0 Å². The number of hydrogen-bond acceptors (Lipinski definition) is 3. The van der Waals surface area contributed by atoms with Crippen LogP contribution in [0.15, 0.2) is 47.5 Å². The zero-order valence-corrected chi connectivity index (χ0v) is 12.4. The van der Waals surface area contributed by atoms with Crippen molar-refractivity contribution in [3.63, 3.8) is 0 Å². The van der Waals surface area contributed by atoms with Crippen molar-refractivity contribution in [2.45, 2.75) is 6.04 Å². The Hall–Kier alpha value is -1.78. The van der Waals surface area contributed by atoms with Gasteiger partial charge >= 0.3 is 0 Å². The highest BCUT2D eigenvalue weighted by atomic mass is 35.5. The van der Waals surface area contributed by atoms with Crippen LogP contribution in [-0.4, -0.2) is 12.5 Å². The molecule has 0 amide bonds. The van der Waals surface area contributed by atoms with Crippen molar-refractivity contribution in [2.24, 2.45) is 10.7 Å². The molecule has 0 aliphatic carbocycles. The van der Waals surface area contributed by atoms with Gasteiger partial charge < -0.3 is 10.6 Å². The summed E-state index contributed by atoms with van der Waals surface area (Å²) < 4.78 is 14.1. The smallest absolute Gasteiger partial charge is 0.196 e. The van der Waals surface area contributed by atoms with E-state index in [0.717, 1.165) is 5.69 Å². The Labute approximate surface area is 131 Å². The van der Waals surface area contributed by atoms with Gasteiger partial charge in [-0.25, -0.2) is 4.39 Å². The van der Waals surface area contributed by atoms with Crippen LogP contribution in [0.4, 0.5) is 10.1 Å². The van der Waals surface area contributed by atoms with E-state index in [4.69, 9.17) is 28.9 Å². The third kappa shape index (κ3) is 2.69. The van der Waals surface area contributed by atoms with Gasteiger partial charge in [0.05, 0.1) is 12.6 Å². The maximum Gasteiger partial charge on any atom is 0.196 e. The lowest BCUT2D eigenvalue weighted by Crippen LogP contribution is -2.36. The van der Waals surface area contributed by atoms with Gasteiger partial charge in [0.1, 0.15) is 5.82 Å². The number of rotatable bonds is 2. The Morgan fingerprint density at radius 1 is 1.10 bits per heavy atom. The minimum absolute atomic E-state index is 0.315. The van der Waals surface area contributed by atoms with Crippen LogP contribution in [0, 0.1) is 5.82 Å². The van der Waals surface area contributed by atoms with Gasteiger partial charge in [-0.05, 0) is 42.5 Å². The number of nitrogens with zero attached hydrogens (tertiary/aromatic N) is 2. The van der Waals surface area contributed by atoms with Gasteiger partial charge in [-0.2, -0.15) is 0 Å². The van der Waals surface area contributed by atoms with E-state index in [1.54, 1.807) is 23.1 Å². The first-order valence-electron chi connectivity index (χ1n) is 6.36. The highest BCUT2D eigenvalue weighted by Crippen LogP contribution is 2.34. The van der Waals surface area contributed by atoms with Gasteiger partial charge in [0, 0.05) is 21.3 Å². The molecule has 1 atom stereocenters. The topological polar surface area (TPSA) is 41.6 Å². The van der Waals surface area contributed by atoms with E-state index in [-0.39, 0.29) is 11.9 Å². The molecule has 0 aromatic heterocycles. The minimum atomic E-state index is -0.326. The zero-order chi connectivity index (χ0) is 15.0. The summed E-state index contributed by atoms with van der Waals surface area (Å²) in [5, 5.41) is 1.10. The average molecular weight is 324 g/mol. The highest BCUT2D eigenvalue weighted by molar-refractivity contribution is 6.31. The summed E-state index contributed by atoms with van der Waals surface area (Å²) in [6, 6.07) is 11.3. The summed E-state index contributed by atoms with van der Waals surface area (Å²) in [6.07, 6.45) is 0. The van der Waals surface area contributed by atoms with Gasteiger partial charge in [0.15, 0.2) is 5.96 Å². The summed E-state index contributed by atoms with van der Waals surface area (Å²) >= 11 is 11.9. The van der Waals surface area contributed by atoms with Crippen molar-refractivity contribution in [3.8, 4) is 0 Å². The van der Waals surface area contributed by atoms with Crippen molar-refractivity contribution in [1.29, 1.82) is 0 Å². The van der Waals surface area contributed by atoms with Gasteiger partial charge in [0.2, 0.25) is 0 Å². The first-order valence-corrected chi connectivity index (χ1v) is 7.11. The molecule has 3 rings (SSSR count). The fraction of sp³-hybridized carbons (Fsp3) is 0.133. The van der Waals surface area contributed by atoms with E-state index in [1.807, 2.05) is 12.1 Å². The monoisotopic (exact) mass is 323 g/mol. The summed E-state index contributed by atoms with van der Waals surface area (Å²) in [7, 11) is 0. The molecule has 21 heavy (non-hydrogen) atoms. The molecular weight excluding hydrogens is 312 g/mol. The second-order valence-electron chi connectivity index (χ2n) is 4.73. The fourth-order valence-electron chi connectivity index (χ4n) is 2.42. The second kappa shape index (κ2) is 5.54. The first kappa shape index (κ1) is 14.2. The lowest BCUT2D eigenvalue weighted by atomic mass is 10.0. The predicted molar refractivity (Wildman–Crippen MR) is 84.6 cm³/mol. The number of benzene rings is 2. The molecule has 0 fully saturated rings. The highest BCUT2D eigenvalue weighted by Gasteiger charge is 2.30. The molecule has 0 spiro atoms. The number of nitrogens with two attached hydrogens (primary N) is 1. The van der Waals surface area contributed by atoms with Crippen molar-refractivity contribution >= 4 is 34.8 Å². The number of halogens is 3. The van der Waals surface area contributed by atoms with Gasteiger partial charge in [0.25, 0.3) is 0 Å². The minimum Gasteiger partial charge on any atom is -0.369 e. The number of guanidine groups is 1. The molecule has 1 aliphatic rings. The van der Waals surface area contributed by atoms with Crippen molar-refractivity contribution < 1.29 is 4.39 Å². The first-order chi connectivity index (χ1) is 10.1. The number of hydrogen-bond donors (Lipinski definition) is 1. The standard InChI is InChI=1S/C15H12Cl2FN3/c16-9-1-4-11(5-2-9)21-14(8-20-15(21)19)12-7-10(17)3-6-13(12)18/h1-7,14H,8H2,(H2,19,20). The van der Waals surface area contributed by atoms with Crippen LogP contribution in [0.2, 0.25) is 10.0 Å². The number of anilines is 1. The average Bonchev–Trinajstić information content (AvgIpc) is 2.84. The molecule has 2 aromatic carbocycles. The van der Waals surface area contributed by atoms with Crippen LogP contribution in [0.25, 0.3) is 0 Å². The summed E-state index contributed by atoms with van der Waals surface area (Å²) in [5.74, 6) is 0.0231. The molecule has 0 bridgehead atoms. The van der Waals surface area contributed by atoms with Crippen LogP contribution in [0.5, 0.6) is 0 Å². The third-order valence-corrected chi connectivity index (χ3v) is 3.89. The normalized spacial score (nSPS) is 18.0. The molecule has 1 unspecified atom stereocenters. The molecule has 108 valence electrons. The van der Waals surface area contributed by atoms with Crippen LogP contribution in [0.1, 0.15) is 11.6 Å². The molecule has 1 heterocycles. The van der Waals surface area contributed by atoms with Crippen LogP contribution in [0.3, 0.4) is 0 Å².